The van der Waals surface area contributed by atoms with Crippen LogP contribution in [-0.4, -0.2) is 34.4 Å². The molecule has 0 aliphatic rings. The first kappa shape index (κ1) is 20.2. The minimum absolute atomic E-state index is 0.195. The molecule has 150 valence electrons. The van der Waals surface area contributed by atoms with Crippen molar-refractivity contribution in [2.75, 3.05) is 6.61 Å². The van der Waals surface area contributed by atoms with Crippen LogP contribution in [0.1, 0.15) is 37.0 Å². The van der Waals surface area contributed by atoms with Gasteiger partial charge in [-0.25, -0.2) is 9.78 Å². The molecule has 10 heteroatoms. The zero-order valence-corrected chi connectivity index (χ0v) is 16.7. The van der Waals surface area contributed by atoms with Gasteiger partial charge < -0.3 is 9.72 Å². The molecule has 0 spiro atoms. The maximum absolute atomic E-state index is 12.3. The van der Waals surface area contributed by atoms with Crippen molar-refractivity contribution in [1.82, 2.24) is 20.8 Å². The number of rotatable bonds is 4. The van der Waals surface area contributed by atoms with Gasteiger partial charge in [0.2, 0.25) is 0 Å². The van der Waals surface area contributed by atoms with E-state index >= 15 is 0 Å². The number of hydrazine groups is 1. The predicted octanol–water partition coefficient (Wildman–Crippen LogP) is 1.53. The van der Waals surface area contributed by atoms with Crippen molar-refractivity contribution in [1.29, 1.82) is 0 Å². The Kier molecular flexibility index (Phi) is 5.74. The van der Waals surface area contributed by atoms with Gasteiger partial charge in [0.15, 0.2) is 6.61 Å². The summed E-state index contributed by atoms with van der Waals surface area (Å²) < 4.78 is 4.99. The molecule has 2 amide bonds. The maximum atomic E-state index is 12.3. The Morgan fingerprint density at radius 1 is 1.10 bits per heavy atom. The van der Waals surface area contributed by atoms with Crippen LogP contribution in [0.25, 0.3) is 10.2 Å². The lowest BCUT2D eigenvalue weighted by Crippen LogP contribution is -2.43. The number of aryl methyl sites for hydroxylation is 3. The smallest absolute Gasteiger partial charge is 0.349 e. The average Bonchev–Trinajstić information content (AvgIpc) is 3.01. The van der Waals surface area contributed by atoms with E-state index in [1.54, 1.807) is 38.1 Å². The first-order valence-corrected chi connectivity index (χ1v) is 9.41. The summed E-state index contributed by atoms with van der Waals surface area (Å²) in [6, 6.07) is 6.79. The van der Waals surface area contributed by atoms with E-state index in [-0.39, 0.29) is 10.4 Å². The van der Waals surface area contributed by atoms with E-state index in [9.17, 15) is 19.2 Å². The highest BCUT2D eigenvalue weighted by Gasteiger charge is 2.21. The summed E-state index contributed by atoms with van der Waals surface area (Å²) in [5.74, 6) is -1.51. The lowest BCUT2D eigenvalue weighted by Gasteiger charge is -2.08. The largest absolute Gasteiger partial charge is 0.451 e. The molecule has 2 heterocycles. The van der Waals surface area contributed by atoms with Gasteiger partial charge in [0.25, 0.3) is 17.4 Å². The monoisotopic (exact) mass is 414 g/mol. The zero-order valence-electron chi connectivity index (χ0n) is 15.9. The van der Waals surface area contributed by atoms with Gasteiger partial charge >= 0.3 is 5.97 Å². The highest BCUT2D eigenvalue weighted by molar-refractivity contribution is 7.20. The highest BCUT2D eigenvalue weighted by Crippen LogP contribution is 2.27. The van der Waals surface area contributed by atoms with Crippen LogP contribution in [0.15, 0.2) is 29.1 Å². The van der Waals surface area contributed by atoms with Gasteiger partial charge in [-0.2, -0.15) is 0 Å². The fraction of sp³-hybridized carbons (Fsp3) is 0.211. The van der Waals surface area contributed by atoms with Gasteiger partial charge in [0, 0.05) is 5.56 Å². The molecule has 0 aliphatic heterocycles. The molecule has 29 heavy (non-hydrogen) atoms. The molecular formula is C19H18N4O5S. The number of carbonyl (C=O) groups excluding carboxylic acids is 3. The van der Waals surface area contributed by atoms with Gasteiger partial charge in [0.1, 0.15) is 15.5 Å². The summed E-state index contributed by atoms with van der Waals surface area (Å²) in [5, 5.41) is 0.322. The van der Waals surface area contributed by atoms with Crippen LogP contribution in [0.4, 0.5) is 0 Å². The predicted molar refractivity (Wildman–Crippen MR) is 107 cm³/mol. The number of thiophene rings is 1. The number of hydrogen-bond acceptors (Lipinski definition) is 7. The Morgan fingerprint density at radius 2 is 1.79 bits per heavy atom. The number of ether oxygens (including phenoxy) is 1. The van der Waals surface area contributed by atoms with Crippen LogP contribution in [0.2, 0.25) is 0 Å². The third-order valence-electron chi connectivity index (χ3n) is 4.07. The molecule has 0 unspecified atom stereocenters. The lowest BCUT2D eigenvalue weighted by atomic mass is 10.1. The minimum Gasteiger partial charge on any atom is -0.451 e. The first-order chi connectivity index (χ1) is 13.8. The molecule has 3 N–H and O–H groups in total. The van der Waals surface area contributed by atoms with Crippen LogP contribution in [0.3, 0.4) is 0 Å². The lowest BCUT2D eigenvalue weighted by molar-refractivity contribution is -0.125. The van der Waals surface area contributed by atoms with Gasteiger partial charge in [-0.05, 0) is 38.5 Å². The summed E-state index contributed by atoms with van der Waals surface area (Å²) in [5.41, 5.74) is 5.91. The molecule has 0 bridgehead atoms. The molecule has 0 fully saturated rings. The summed E-state index contributed by atoms with van der Waals surface area (Å²) in [7, 11) is 0. The normalized spacial score (nSPS) is 10.6. The van der Waals surface area contributed by atoms with Crippen molar-refractivity contribution < 1.29 is 19.1 Å². The quantitative estimate of drug-likeness (QED) is 0.438. The second kappa shape index (κ2) is 8.23. The summed E-state index contributed by atoms with van der Waals surface area (Å²) in [6.07, 6.45) is 0. The molecular weight excluding hydrogens is 396 g/mol. The van der Waals surface area contributed by atoms with Gasteiger partial charge in [-0.3, -0.25) is 25.2 Å². The standard InChI is InChI=1S/C19H18N4O5S/c1-9-4-6-12(7-5-9)16(25)23-22-13(24)8-28-19(27)15-10(2)14-17(26)20-11(3)21-18(14)29-15/h4-7H,8H2,1-3H3,(H,22,24)(H,23,25)(H,20,21,26). The number of fused-ring (bicyclic) bond motifs is 1. The van der Waals surface area contributed by atoms with Gasteiger partial charge in [-0.15, -0.1) is 11.3 Å². The number of esters is 1. The van der Waals surface area contributed by atoms with E-state index in [1.807, 2.05) is 6.92 Å². The van der Waals surface area contributed by atoms with E-state index in [0.717, 1.165) is 16.9 Å². The number of carbonyl (C=O) groups is 3. The number of nitrogens with one attached hydrogen (secondary N) is 3. The zero-order chi connectivity index (χ0) is 21.1. The number of amides is 2. The molecule has 0 atom stereocenters. The number of H-pyrrole nitrogens is 1. The van der Waals surface area contributed by atoms with Crippen molar-refractivity contribution in [3.05, 3.63) is 62.0 Å². The fourth-order valence-electron chi connectivity index (χ4n) is 2.58. The first-order valence-electron chi connectivity index (χ1n) is 8.59. The van der Waals surface area contributed by atoms with E-state index in [1.165, 1.54) is 0 Å². The van der Waals surface area contributed by atoms with Crippen molar-refractivity contribution in [2.24, 2.45) is 0 Å². The van der Waals surface area contributed by atoms with E-state index < -0.39 is 24.4 Å². The Labute approximate surface area is 169 Å². The SMILES string of the molecule is Cc1ccc(C(=O)NNC(=O)COC(=O)c2sc3nc(C)[nH]c(=O)c3c2C)cc1. The number of hydrogen-bond donors (Lipinski definition) is 3. The number of benzene rings is 1. The molecule has 9 nitrogen and oxygen atoms in total. The molecule has 1 aromatic carbocycles. The van der Waals surface area contributed by atoms with Crippen LogP contribution >= 0.6 is 11.3 Å². The van der Waals surface area contributed by atoms with E-state index in [4.69, 9.17) is 4.74 Å². The van der Waals surface area contributed by atoms with Gasteiger partial charge in [0.05, 0.1) is 5.39 Å². The molecule has 2 aromatic heterocycles. The van der Waals surface area contributed by atoms with Crippen molar-refractivity contribution in [3.63, 3.8) is 0 Å². The van der Waals surface area contributed by atoms with Crippen molar-refractivity contribution in [2.45, 2.75) is 20.8 Å². The topological polar surface area (TPSA) is 130 Å². The Bertz CT molecular complexity index is 1160. The second-order valence-corrected chi connectivity index (χ2v) is 7.33. The number of aromatic amines is 1. The Balaban J connectivity index is 1.58. The second-order valence-electron chi connectivity index (χ2n) is 6.33. The Hall–Kier alpha value is -3.53. The average molecular weight is 414 g/mol. The Morgan fingerprint density at radius 3 is 2.48 bits per heavy atom. The van der Waals surface area contributed by atoms with Crippen LogP contribution in [-0.2, 0) is 9.53 Å². The third kappa shape index (κ3) is 4.49. The van der Waals surface area contributed by atoms with E-state index in [2.05, 4.69) is 20.8 Å². The van der Waals surface area contributed by atoms with Gasteiger partial charge in [-0.1, -0.05) is 17.7 Å². The summed E-state index contributed by atoms with van der Waals surface area (Å²) in [6.45, 7) is 4.56. The fourth-order valence-corrected chi connectivity index (χ4v) is 3.70. The van der Waals surface area contributed by atoms with Crippen LogP contribution in [0, 0.1) is 20.8 Å². The maximum Gasteiger partial charge on any atom is 0.349 e. The molecule has 3 aromatic rings. The van der Waals surface area contributed by atoms with Crippen LogP contribution < -0.4 is 16.4 Å². The minimum atomic E-state index is -0.748. The van der Waals surface area contributed by atoms with Crippen molar-refractivity contribution >= 4 is 39.3 Å². The summed E-state index contributed by atoms with van der Waals surface area (Å²) in [4.78, 5) is 55.6. The molecule has 0 aliphatic carbocycles. The number of aromatic nitrogens is 2. The molecule has 3 rings (SSSR count). The third-order valence-corrected chi connectivity index (χ3v) is 5.23. The number of nitrogens with zero attached hydrogens (tertiary/aromatic N) is 1. The van der Waals surface area contributed by atoms with Crippen molar-refractivity contribution in [3.8, 4) is 0 Å². The highest BCUT2D eigenvalue weighted by atomic mass is 32.1. The molecule has 0 saturated carbocycles. The summed E-state index contributed by atoms with van der Waals surface area (Å²) >= 11 is 1.02. The molecule has 0 radical (unpaired) electrons. The van der Waals surface area contributed by atoms with Crippen LogP contribution in [0.5, 0.6) is 0 Å². The molecule has 0 saturated heterocycles. The van der Waals surface area contributed by atoms with E-state index in [0.29, 0.717) is 27.2 Å².